The van der Waals surface area contributed by atoms with Crippen molar-refractivity contribution in [3.05, 3.63) is 72.0 Å². The number of hydrogen-bond donors (Lipinski definition) is 0. The van der Waals surface area contributed by atoms with E-state index >= 15 is 0 Å². The van der Waals surface area contributed by atoms with Crippen LogP contribution in [-0.2, 0) is 5.54 Å². The van der Waals surface area contributed by atoms with Gasteiger partial charge in [0.25, 0.3) is 0 Å². The molecule has 0 bridgehead atoms. The first-order chi connectivity index (χ1) is 9.03. The quantitative estimate of drug-likeness (QED) is 0.689. The lowest BCUT2D eigenvalue weighted by atomic mass is 9.89. The molecule has 0 aromatic heterocycles. The molecule has 0 fully saturated rings. The van der Waals surface area contributed by atoms with Gasteiger partial charge in [0.05, 0.1) is 0 Å². The summed E-state index contributed by atoms with van der Waals surface area (Å²) in [5.41, 5.74) is 3.86. The molecule has 0 unspecified atom stereocenters. The summed E-state index contributed by atoms with van der Waals surface area (Å²) in [6.45, 7) is 8.86. The van der Waals surface area contributed by atoms with Crippen molar-refractivity contribution in [3.8, 4) is 0 Å². The van der Waals surface area contributed by atoms with Gasteiger partial charge >= 0.3 is 0 Å². The third-order valence-electron chi connectivity index (χ3n) is 3.69. The van der Waals surface area contributed by atoms with Gasteiger partial charge in [-0.15, -0.1) is 0 Å². The van der Waals surface area contributed by atoms with Crippen LogP contribution in [0.25, 0.3) is 0 Å². The molecule has 0 N–H and O–H groups in total. The predicted octanol–water partition coefficient (Wildman–Crippen LogP) is 4.34. The SMILES string of the molecule is CC1=[N+](C(C)(C)c2ccccc2C)/C=C\C=C/C=C\1. The molecule has 1 aliphatic rings. The maximum Gasteiger partial charge on any atom is 0.188 e. The summed E-state index contributed by atoms with van der Waals surface area (Å²) in [5, 5.41) is 0. The minimum atomic E-state index is -0.0680. The maximum absolute atomic E-state index is 2.33. The molecule has 0 radical (unpaired) electrons. The van der Waals surface area contributed by atoms with Crippen molar-refractivity contribution >= 4 is 5.71 Å². The number of nitrogens with zero attached hydrogens (tertiary/aromatic N) is 1. The van der Waals surface area contributed by atoms with Crippen molar-refractivity contribution in [1.82, 2.24) is 0 Å². The van der Waals surface area contributed by atoms with Crippen LogP contribution in [0, 0.1) is 6.92 Å². The zero-order valence-electron chi connectivity index (χ0n) is 12.2. The molecule has 0 atom stereocenters. The zero-order chi connectivity index (χ0) is 13.9. The van der Waals surface area contributed by atoms with E-state index in [2.05, 4.69) is 93.1 Å². The van der Waals surface area contributed by atoms with E-state index in [1.165, 1.54) is 16.8 Å². The summed E-state index contributed by atoms with van der Waals surface area (Å²) >= 11 is 0. The van der Waals surface area contributed by atoms with E-state index in [4.69, 9.17) is 0 Å². The smallest absolute Gasteiger partial charge is 0.188 e. The lowest BCUT2D eigenvalue weighted by Gasteiger charge is -2.24. The fourth-order valence-corrected chi connectivity index (χ4v) is 2.67. The topological polar surface area (TPSA) is 3.01 Å². The standard InChI is InChI=1S/C18H22N/c1-15-11-8-9-13-17(15)18(3,4)19-14-10-6-5-7-12-16(19)2/h5-14H,1-4H3/q+1/b6-5-,7-5?,10-6?,12-7-,14-10-,16-12?,19-14?,19-16+. The number of aryl methyl sites for hydroxylation is 1. The lowest BCUT2D eigenvalue weighted by molar-refractivity contribution is -0.548. The molecule has 0 aliphatic carbocycles. The lowest BCUT2D eigenvalue weighted by Crippen LogP contribution is -2.34. The summed E-state index contributed by atoms with van der Waals surface area (Å²) in [4.78, 5) is 0. The molecule has 2 rings (SSSR count). The van der Waals surface area contributed by atoms with Gasteiger partial charge in [-0.05, 0) is 12.5 Å². The molecule has 0 amide bonds. The van der Waals surface area contributed by atoms with E-state index in [-0.39, 0.29) is 5.54 Å². The second kappa shape index (κ2) is 5.40. The zero-order valence-corrected chi connectivity index (χ0v) is 12.2. The van der Waals surface area contributed by atoms with Crippen LogP contribution in [0.4, 0.5) is 0 Å². The van der Waals surface area contributed by atoms with E-state index in [0.717, 1.165) is 0 Å². The maximum atomic E-state index is 2.33. The number of benzene rings is 1. The molecule has 0 saturated heterocycles. The highest BCUT2D eigenvalue weighted by Crippen LogP contribution is 2.28. The van der Waals surface area contributed by atoms with Crippen LogP contribution in [0.15, 0.2) is 60.8 Å². The van der Waals surface area contributed by atoms with Crippen LogP contribution in [0.1, 0.15) is 31.9 Å². The molecule has 19 heavy (non-hydrogen) atoms. The molecule has 1 aromatic rings. The Morgan fingerprint density at radius 3 is 2.32 bits per heavy atom. The first kappa shape index (κ1) is 13.5. The average molecular weight is 252 g/mol. The van der Waals surface area contributed by atoms with Crippen LogP contribution >= 0.6 is 0 Å². The Balaban J connectivity index is 2.55. The van der Waals surface area contributed by atoms with E-state index in [1.54, 1.807) is 0 Å². The molecule has 1 aromatic carbocycles. The molecule has 1 nitrogen and oxygen atoms in total. The van der Waals surface area contributed by atoms with E-state index in [1.807, 2.05) is 0 Å². The van der Waals surface area contributed by atoms with Crippen LogP contribution in [0.2, 0.25) is 0 Å². The highest BCUT2D eigenvalue weighted by molar-refractivity contribution is 5.89. The van der Waals surface area contributed by atoms with E-state index in [0.29, 0.717) is 0 Å². The molecular formula is C18H22N+. The van der Waals surface area contributed by atoms with Crippen molar-refractivity contribution in [2.75, 3.05) is 0 Å². The van der Waals surface area contributed by atoms with Gasteiger partial charge in [0.15, 0.2) is 17.5 Å². The highest BCUT2D eigenvalue weighted by atomic mass is 15.1. The first-order valence-corrected chi connectivity index (χ1v) is 6.74. The fraction of sp³-hybridized carbons (Fsp3) is 0.278. The largest absolute Gasteiger partial charge is 0.194 e. The van der Waals surface area contributed by atoms with Crippen molar-refractivity contribution < 1.29 is 4.58 Å². The van der Waals surface area contributed by atoms with Crippen molar-refractivity contribution in [2.24, 2.45) is 0 Å². The number of rotatable bonds is 2. The first-order valence-electron chi connectivity index (χ1n) is 6.74. The second-order valence-electron chi connectivity index (χ2n) is 5.47. The minimum absolute atomic E-state index is 0.0680. The molecule has 1 aliphatic heterocycles. The van der Waals surface area contributed by atoms with Crippen LogP contribution in [0.3, 0.4) is 0 Å². The van der Waals surface area contributed by atoms with E-state index < -0.39 is 0 Å². The van der Waals surface area contributed by atoms with Gasteiger partial charge in [0.1, 0.15) is 0 Å². The monoisotopic (exact) mass is 252 g/mol. The van der Waals surface area contributed by atoms with Gasteiger partial charge in [0.2, 0.25) is 0 Å². The van der Waals surface area contributed by atoms with Crippen molar-refractivity contribution in [1.29, 1.82) is 0 Å². The normalized spacial score (nSPS) is 24.4. The average Bonchev–Trinajstić information content (AvgIpc) is 2.34. The molecular weight excluding hydrogens is 230 g/mol. The minimum Gasteiger partial charge on any atom is -0.194 e. The Bertz CT molecular complexity index is 583. The second-order valence-corrected chi connectivity index (χ2v) is 5.47. The summed E-state index contributed by atoms with van der Waals surface area (Å²) in [6.07, 6.45) is 12.6. The third-order valence-corrected chi connectivity index (χ3v) is 3.69. The Labute approximate surface area is 116 Å². The Hall–Kier alpha value is -1.89. The fourth-order valence-electron chi connectivity index (χ4n) is 2.67. The Kier molecular flexibility index (Phi) is 3.84. The molecule has 1 heteroatoms. The van der Waals surface area contributed by atoms with Gasteiger partial charge in [-0.1, -0.05) is 42.5 Å². The molecule has 0 spiro atoms. The third kappa shape index (κ3) is 2.76. The molecule has 98 valence electrons. The van der Waals surface area contributed by atoms with Gasteiger partial charge in [0, 0.05) is 38.5 Å². The van der Waals surface area contributed by atoms with Crippen LogP contribution in [-0.4, -0.2) is 10.3 Å². The summed E-state index contributed by atoms with van der Waals surface area (Å²) in [5.74, 6) is 0. The Morgan fingerprint density at radius 2 is 1.58 bits per heavy atom. The van der Waals surface area contributed by atoms with Crippen LogP contribution < -0.4 is 0 Å². The van der Waals surface area contributed by atoms with Crippen LogP contribution in [0.5, 0.6) is 0 Å². The van der Waals surface area contributed by atoms with Gasteiger partial charge in [-0.25, -0.2) is 0 Å². The number of hydrogen-bond acceptors (Lipinski definition) is 0. The number of allylic oxidation sites excluding steroid dienone is 5. The van der Waals surface area contributed by atoms with Crippen molar-refractivity contribution in [2.45, 2.75) is 33.2 Å². The van der Waals surface area contributed by atoms with Gasteiger partial charge in [-0.2, -0.15) is 4.58 Å². The van der Waals surface area contributed by atoms with Gasteiger partial charge < -0.3 is 0 Å². The predicted molar refractivity (Wildman–Crippen MR) is 82.6 cm³/mol. The summed E-state index contributed by atoms with van der Waals surface area (Å²) in [7, 11) is 0. The highest BCUT2D eigenvalue weighted by Gasteiger charge is 2.34. The Morgan fingerprint density at radius 1 is 0.895 bits per heavy atom. The van der Waals surface area contributed by atoms with E-state index in [9.17, 15) is 0 Å². The van der Waals surface area contributed by atoms with Crippen molar-refractivity contribution in [3.63, 3.8) is 0 Å². The molecule has 0 saturated carbocycles. The molecule has 1 heterocycles. The summed E-state index contributed by atoms with van der Waals surface area (Å²) in [6, 6.07) is 8.60. The van der Waals surface area contributed by atoms with Gasteiger partial charge in [-0.3, -0.25) is 0 Å². The summed E-state index contributed by atoms with van der Waals surface area (Å²) < 4.78 is 2.33.